The van der Waals surface area contributed by atoms with Crippen LogP contribution in [-0.4, -0.2) is 61.8 Å². The Hall–Kier alpha value is -2.04. The number of aliphatic hydroxyl groups excluding tert-OH is 2. The Morgan fingerprint density at radius 1 is 1.50 bits per heavy atom. The highest BCUT2D eigenvalue weighted by Crippen LogP contribution is 2.28. The Bertz CT molecular complexity index is 518. The molecule has 1 fully saturated rings. The fourth-order valence-corrected chi connectivity index (χ4v) is 1.80. The van der Waals surface area contributed by atoms with Crippen LogP contribution in [0.2, 0.25) is 0 Å². The first kappa shape index (κ1) is 14.4. The molecule has 1 aliphatic rings. The van der Waals surface area contributed by atoms with Crippen molar-refractivity contribution in [3.05, 3.63) is 12.2 Å². The first-order valence-electron chi connectivity index (χ1n) is 5.76. The molecule has 2 heterocycles. The Labute approximate surface area is 113 Å². The molecule has 0 saturated carbocycles. The first-order chi connectivity index (χ1) is 9.40. The van der Waals surface area contributed by atoms with Gasteiger partial charge in [-0.15, -0.1) is 5.10 Å². The normalized spacial score (nSPS) is 29.4. The van der Waals surface area contributed by atoms with Crippen LogP contribution in [0.15, 0.2) is 6.33 Å². The summed E-state index contributed by atoms with van der Waals surface area (Å²) < 4.78 is 11.1. The molecule has 0 bridgehead atoms. The van der Waals surface area contributed by atoms with E-state index in [1.54, 1.807) is 0 Å². The minimum Gasteiger partial charge on any atom is -0.463 e. The van der Waals surface area contributed by atoms with Crippen molar-refractivity contribution < 1.29 is 29.3 Å². The van der Waals surface area contributed by atoms with Crippen LogP contribution >= 0.6 is 0 Å². The fourth-order valence-electron chi connectivity index (χ4n) is 1.80. The zero-order chi connectivity index (χ0) is 14.9. The van der Waals surface area contributed by atoms with Gasteiger partial charge in [-0.3, -0.25) is 9.59 Å². The Kier molecular flexibility index (Phi) is 3.97. The van der Waals surface area contributed by atoms with Gasteiger partial charge in [-0.2, -0.15) is 0 Å². The molecule has 2 rings (SSSR count). The van der Waals surface area contributed by atoms with E-state index < -0.39 is 36.4 Å². The number of primary amides is 1. The van der Waals surface area contributed by atoms with Gasteiger partial charge in [0.2, 0.25) is 5.82 Å². The van der Waals surface area contributed by atoms with Crippen molar-refractivity contribution in [3.8, 4) is 0 Å². The summed E-state index contributed by atoms with van der Waals surface area (Å²) in [4.78, 5) is 25.2. The van der Waals surface area contributed by atoms with Gasteiger partial charge in [0.1, 0.15) is 31.2 Å². The number of aliphatic hydroxyl groups is 2. The molecule has 1 saturated heterocycles. The molecular formula is C10H14N4O6. The summed E-state index contributed by atoms with van der Waals surface area (Å²) in [7, 11) is 0. The van der Waals surface area contributed by atoms with Gasteiger partial charge in [0.25, 0.3) is 5.91 Å². The Morgan fingerprint density at radius 2 is 2.20 bits per heavy atom. The summed E-state index contributed by atoms with van der Waals surface area (Å²) in [6.45, 7) is 1.01. The monoisotopic (exact) mass is 286 g/mol. The van der Waals surface area contributed by atoms with Crippen molar-refractivity contribution in [2.24, 2.45) is 5.73 Å². The lowest BCUT2D eigenvalue weighted by molar-refractivity contribution is -0.147. The number of nitrogens with two attached hydrogens (primary N) is 1. The van der Waals surface area contributed by atoms with Crippen LogP contribution in [0.25, 0.3) is 0 Å². The highest BCUT2D eigenvalue weighted by atomic mass is 16.6. The second-order valence-electron chi connectivity index (χ2n) is 4.26. The molecule has 20 heavy (non-hydrogen) atoms. The molecule has 0 radical (unpaired) electrons. The van der Waals surface area contributed by atoms with E-state index in [2.05, 4.69) is 10.1 Å². The Balaban J connectivity index is 2.08. The maximum atomic E-state index is 10.9. The number of ether oxygens (including phenoxy) is 2. The van der Waals surface area contributed by atoms with Crippen molar-refractivity contribution in [3.63, 3.8) is 0 Å². The lowest BCUT2D eigenvalue weighted by Gasteiger charge is -2.13. The predicted octanol–water partition coefficient (Wildman–Crippen LogP) is -2.44. The molecule has 1 aromatic rings. The van der Waals surface area contributed by atoms with Crippen LogP contribution in [0.4, 0.5) is 0 Å². The van der Waals surface area contributed by atoms with Gasteiger partial charge >= 0.3 is 5.97 Å². The Morgan fingerprint density at radius 3 is 2.75 bits per heavy atom. The smallest absolute Gasteiger partial charge is 0.302 e. The molecule has 1 aromatic heterocycles. The van der Waals surface area contributed by atoms with Crippen molar-refractivity contribution in [1.82, 2.24) is 14.8 Å². The van der Waals surface area contributed by atoms with E-state index in [-0.39, 0.29) is 12.4 Å². The van der Waals surface area contributed by atoms with E-state index in [9.17, 15) is 19.8 Å². The van der Waals surface area contributed by atoms with Gasteiger partial charge in [-0.25, -0.2) is 9.67 Å². The molecule has 10 heteroatoms. The van der Waals surface area contributed by atoms with Gasteiger partial charge in [0.15, 0.2) is 6.23 Å². The molecule has 0 spiro atoms. The number of hydrogen-bond acceptors (Lipinski definition) is 8. The molecule has 4 unspecified atom stereocenters. The molecule has 10 nitrogen and oxygen atoms in total. The number of rotatable bonds is 4. The number of hydrogen-bond donors (Lipinski definition) is 3. The maximum Gasteiger partial charge on any atom is 0.302 e. The van der Waals surface area contributed by atoms with E-state index in [1.807, 2.05) is 0 Å². The maximum absolute atomic E-state index is 10.9. The van der Waals surface area contributed by atoms with Crippen LogP contribution in [0, 0.1) is 0 Å². The molecule has 0 aliphatic carbocycles. The third kappa shape index (κ3) is 2.76. The van der Waals surface area contributed by atoms with Crippen LogP contribution in [0.3, 0.4) is 0 Å². The van der Waals surface area contributed by atoms with Gasteiger partial charge < -0.3 is 25.4 Å². The van der Waals surface area contributed by atoms with E-state index in [4.69, 9.17) is 15.2 Å². The average Bonchev–Trinajstić information content (AvgIpc) is 2.95. The van der Waals surface area contributed by atoms with Crippen LogP contribution < -0.4 is 5.73 Å². The number of nitrogens with zero attached hydrogens (tertiary/aromatic N) is 3. The second kappa shape index (κ2) is 5.53. The zero-order valence-corrected chi connectivity index (χ0v) is 10.5. The van der Waals surface area contributed by atoms with Crippen molar-refractivity contribution in [1.29, 1.82) is 0 Å². The molecule has 0 aromatic carbocycles. The molecule has 1 aliphatic heterocycles. The van der Waals surface area contributed by atoms with E-state index in [0.717, 1.165) is 11.0 Å². The number of carbonyl (C=O) groups excluding carboxylic acids is 2. The molecule has 110 valence electrons. The average molecular weight is 286 g/mol. The van der Waals surface area contributed by atoms with Crippen molar-refractivity contribution in [2.45, 2.75) is 31.5 Å². The highest BCUT2D eigenvalue weighted by molar-refractivity contribution is 5.88. The summed E-state index contributed by atoms with van der Waals surface area (Å²) in [6.07, 6.45) is -3.38. The number of aromatic nitrogens is 3. The van der Waals surface area contributed by atoms with Crippen molar-refractivity contribution >= 4 is 11.9 Å². The lowest BCUT2D eigenvalue weighted by atomic mass is 10.1. The third-order valence-electron chi connectivity index (χ3n) is 2.78. The van der Waals surface area contributed by atoms with Gasteiger partial charge in [0.05, 0.1) is 0 Å². The summed E-state index contributed by atoms with van der Waals surface area (Å²) in [5, 5.41) is 23.4. The standard InChI is InChI=1S/C10H14N4O6/c1-4(15)19-2-5-6(16)7(17)10(20-5)14-3-12-9(13-14)8(11)18/h3,5-7,10,16-17H,2H2,1H3,(H2,11,18). The predicted molar refractivity (Wildman–Crippen MR) is 61.1 cm³/mol. The van der Waals surface area contributed by atoms with E-state index >= 15 is 0 Å². The van der Waals surface area contributed by atoms with Crippen LogP contribution in [0.1, 0.15) is 23.8 Å². The van der Waals surface area contributed by atoms with Gasteiger partial charge in [0, 0.05) is 6.92 Å². The zero-order valence-electron chi connectivity index (χ0n) is 10.5. The molecule has 4 N–H and O–H groups in total. The summed E-state index contributed by atoms with van der Waals surface area (Å²) in [6, 6.07) is 0. The fraction of sp³-hybridized carbons (Fsp3) is 0.600. The van der Waals surface area contributed by atoms with E-state index in [0.29, 0.717) is 0 Å². The topological polar surface area (TPSA) is 150 Å². The lowest BCUT2D eigenvalue weighted by Crippen LogP contribution is -2.34. The summed E-state index contributed by atoms with van der Waals surface area (Å²) >= 11 is 0. The quantitative estimate of drug-likeness (QED) is 0.516. The number of carbonyl (C=O) groups is 2. The van der Waals surface area contributed by atoms with Crippen LogP contribution in [0.5, 0.6) is 0 Å². The molecule has 4 atom stereocenters. The summed E-state index contributed by atoms with van der Waals surface area (Å²) in [5.41, 5.74) is 5.01. The SMILES string of the molecule is CC(=O)OCC1OC(n2cnc(C(N)=O)n2)C(O)C1O. The largest absolute Gasteiger partial charge is 0.463 e. The second-order valence-corrected chi connectivity index (χ2v) is 4.26. The highest BCUT2D eigenvalue weighted by Gasteiger charge is 2.44. The minimum absolute atomic E-state index is 0.207. The summed E-state index contributed by atoms with van der Waals surface area (Å²) in [5.74, 6) is -1.59. The minimum atomic E-state index is -1.31. The molecule has 1 amide bonds. The van der Waals surface area contributed by atoms with E-state index in [1.165, 1.54) is 6.92 Å². The first-order valence-corrected chi connectivity index (χ1v) is 5.76. The van der Waals surface area contributed by atoms with Crippen molar-refractivity contribution in [2.75, 3.05) is 6.61 Å². The van der Waals surface area contributed by atoms with Gasteiger partial charge in [-0.05, 0) is 0 Å². The number of esters is 1. The molecular weight excluding hydrogens is 272 g/mol. The number of amides is 1. The van der Waals surface area contributed by atoms with Crippen LogP contribution in [-0.2, 0) is 14.3 Å². The third-order valence-corrected chi connectivity index (χ3v) is 2.78. The van der Waals surface area contributed by atoms with Gasteiger partial charge in [-0.1, -0.05) is 0 Å².